The highest BCUT2D eigenvalue weighted by molar-refractivity contribution is 5.18. The van der Waals surface area contributed by atoms with Crippen LogP contribution in [0.3, 0.4) is 0 Å². The van der Waals surface area contributed by atoms with Gasteiger partial charge in [-0.25, -0.2) is 0 Å². The van der Waals surface area contributed by atoms with Gasteiger partial charge in [-0.15, -0.1) is 0 Å². The summed E-state index contributed by atoms with van der Waals surface area (Å²) in [4.78, 5) is 0. The number of aliphatic hydroxyl groups is 1. The molecule has 0 saturated carbocycles. The molecule has 0 amide bonds. The van der Waals surface area contributed by atoms with Crippen molar-refractivity contribution in [1.29, 1.82) is 0 Å². The number of hydrogen-bond acceptors (Lipinski definition) is 2. The number of rotatable bonds is 8. The Bertz CT molecular complexity index is 321. The average Bonchev–Trinajstić information content (AvgIpc) is 2.40. The molecule has 2 heteroatoms. The maximum Gasteiger partial charge on any atom is 0.0741 e. The second kappa shape index (κ2) is 7.55. The van der Waals surface area contributed by atoms with Gasteiger partial charge in [-0.3, -0.25) is 0 Å². The lowest BCUT2D eigenvalue weighted by atomic mass is 9.98. The summed E-state index contributed by atoms with van der Waals surface area (Å²) in [5.74, 6) is 0. The molecule has 2 N–H and O–H groups in total. The van der Waals surface area contributed by atoms with Crippen molar-refractivity contribution in [2.45, 2.75) is 58.1 Å². The minimum atomic E-state index is -0.612. The zero-order chi connectivity index (χ0) is 13.4. The fraction of sp³-hybridized carbons (Fsp3) is 0.625. The number of unbranched alkanes of at least 4 members (excludes halogenated alkanes) is 1. The molecule has 2 atom stereocenters. The van der Waals surface area contributed by atoms with Crippen molar-refractivity contribution >= 4 is 0 Å². The summed E-state index contributed by atoms with van der Waals surface area (Å²) in [6.45, 7) is 6.77. The van der Waals surface area contributed by atoms with Crippen molar-refractivity contribution in [3.63, 3.8) is 0 Å². The fourth-order valence-corrected chi connectivity index (χ4v) is 1.95. The Labute approximate surface area is 111 Å². The van der Waals surface area contributed by atoms with Crippen LogP contribution in [-0.4, -0.2) is 17.3 Å². The lowest BCUT2D eigenvalue weighted by Gasteiger charge is -2.26. The summed E-state index contributed by atoms with van der Waals surface area (Å²) >= 11 is 0. The number of nitrogens with one attached hydrogen (secondary N) is 1. The highest BCUT2D eigenvalue weighted by Crippen LogP contribution is 2.20. The van der Waals surface area contributed by atoms with Crippen LogP contribution >= 0.6 is 0 Å². The highest BCUT2D eigenvalue weighted by Gasteiger charge is 2.19. The van der Waals surface area contributed by atoms with E-state index in [1.54, 1.807) is 0 Å². The Morgan fingerprint density at radius 1 is 1.22 bits per heavy atom. The van der Waals surface area contributed by atoms with E-state index in [1.807, 2.05) is 19.9 Å². The van der Waals surface area contributed by atoms with Crippen LogP contribution in [0, 0.1) is 0 Å². The Hall–Kier alpha value is -0.860. The minimum Gasteiger partial charge on any atom is -0.389 e. The molecule has 1 aromatic rings. The molecule has 1 aromatic carbocycles. The second-order valence-corrected chi connectivity index (χ2v) is 5.34. The molecule has 1 rings (SSSR count). The van der Waals surface area contributed by atoms with Gasteiger partial charge in [0.15, 0.2) is 0 Å². The predicted molar refractivity (Wildman–Crippen MR) is 77.6 cm³/mol. The SMILES string of the molecule is CCCCC(NCC(C)(O)CC)c1ccccc1. The van der Waals surface area contributed by atoms with E-state index < -0.39 is 5.60 Å². The van der Waals surface area contributed by atoms with Gasteiger partial charge < -0.3 is 10.4 Å². The molecule has 0 aliphatic heterocycles. The van der Waals surface area contributed by atoms with Gasteiger partial charge in [-0.1, -0.05) is 57.0 Å². The fourth-order valence-electron chi connectivity index (χ4n) is 1.95. The smallest absolute Gasteiger partial charge is 0.0741 e. The van der Waals surface area contributed by atoms with E-state index in [0.717, 1.165) is 12.8 Å². The maximum atomic E-state index is 10.1. The first-order valence-corrected chi connectivity index (χ1v) is 7.09. The summed E-state index contributed by atoms with van der Waals surface area (Å²) in [6.07, 6.45) is 4.31. The Kier molecular flexibility index (Phi) is 6.37. The third-order valence-electron chi connectivity index (χ3n) is 3.54. The van der Waals surface area contributed by atoms with E-state index in [9.17, 15) is 5.11 Å². The van der Waals surface area contributed by atoms with Gasteiger partial charge in [-0.2, -0.15) is 0 Å². The molecular weight excluding hydrogens is 222 g/mol. The third-order valence-corrected chi connectivity index (χ3v) is 3.54. The molecule has 0 bridgehead atoms. The summed E-state index contributed by atoms with van der Waals surface area (Å²) in [5, 5.41) is 13.6. The highest BCUT2D eigenvalue weighted by atomic mass is 16.3. The molecule has 102 valence electrons. The molecule has 0 aromatic heterocycles. The van der Waals surface area contributed by atoms with Gasteiger partial charge >= 0.3 is 0 Å². The minimum absolute atomic E-state index is 0.351. The first kappa shape index (κ1) is 15.2. The first-order chi connectivity index (χ1) is 8.59. The molecule has 18 heavy (non-hydrogen) atoms. The predicted octanol–water partition coefficient (Wildman–Crippen LogP) is 3.67. The van der Waals surface area contributed by atoms with Crippen LogP contribution in [0.15, 0.2) is 30.3 Å². The normalized spacial score (nSPS) is 16.2. The molecular formula is C16H27NO. The van der Waals surface area contributed by atoms with Gasteiger partial charge in [0.05, 0.1) is 5.60 Å². The molecule has 0 heterocycles. The van der Waals surface area contributed by atoms with Crippen molar-refractivity contribution in [1.82, 2.24) is 5.32 Å². The number of hydrogen-bond donors (Lipinski definition) is 2. The van der Waals surface area contributed by atoms with Crippen molar-refractivity contribution < 1.29 is 5.11 Å². The lowest BCUT2D eigenvalue weighted by molar-refractivity contribution is 0.0524. The molecule has 0 aliphatic rings. The Morgan fingerprint density at radius 3 is 2.44 bits per heavy atom. The van der Waals surface area contributed by atoms with Crippen LogP contribution in [0.25, 0.3) is 0 Å². The molecule has 2 unspecified atom stereocenters. The second-order valence-electron chi connectivity index (χ2n) is 5.34. The lowest BCUT2D eigenvalue weighted by Crippen LogP contribution is -2.38. The first-order valence-electron chi connectivity index (χ1n) is 7.09. The van der Waals surface area contributed by atoms with E-state index in [2.05, 4.69) is 36.5 Å². The summed E-state index contributed by atoms with van der Waals surface area (Å²) in [7, 11) is 0. The van der Waals surface area contributed by atoms with E-state index in [-0.39, 0.29) is 0 Å². The topological polar surface area (TPSA) is 32.3 Å². The van der Waals surface area contributed by atoms with Gasteiger partial charge in [0.25, 0.3) is 0 Å². The third kappa shape index (κ3) is 5.19. The Morgan fingerprint density at radius 2 is 1.89 bits per heavy atom. The van der Waals surface area contributed by atoms with Gasteiger partial charge in [-0.05, 0) is 25.3 Å². The van der Waals surface area contributed by atoms with Crippen LogP contribution in [0.4, 0.5) is 0 Å². The van der Waals surface area contributed by atoms with Crippen LogP contribution in [0.2, 0.25) is 0 Å². The van der Waals surface area contributed by atoms with Crippen LogP contribution in [-0.2, 0) is 0 Å². The monoisotopic (exact) mass is 249 g/mol. The van der Waals surface area contributed by atoms with E-state index in [1.165, 1.54) is 18.4 Å². The molecule has 0 saturated heterocycles. The van der Waals surface area contributed by atoms with Crippen LogP contribution in [0.5, 0.6) is 0 Å². The van der Waals surface area contributed by atoms with Crippen molar-refractivity contribution in [3.05, 3.63) is 35.9 Å². The standard InChI is InChI=1S/C16H27NO/c1-4-6-12-15(14-10-8-7-9-11-14)17-13-16(3,18)5-2/h7-11,15,17-18H,4-6,12-13H2,1-3H3. The van der Waals surface area contributed by atoms with Crippen molar-refractivity contribution in [3.8, 4) is 0 Å². The Balaban J connectivity index is 2.62. The average molecular weight is 249 g/mol. The molecule has 0 aliphatic carbocycles. The number of benzene rings is 1. The van der Waals surface area contributed by atoms with Gasteiger partial charge in [0, 0.05) is 12.6 Å². The van der Waals surface area contributed by atoms with Gasteiger partial charge in [0.1, 0.15) is 0 Å². The molecule has 0 spiro atoms. The summed E-state index contributed by atoms with van der Waals surface area (Å²) in [5.41, 5.74) is 0.706. The van der Waals surface area contributed by atoms with Crippen LogP contribution < -0.4 is 5.32 Å². The largest absolute Gasteiger partial charge is 0.389 e. The van der Waals surface area contributed by atoms with Crippen LogP contribution in [0.1, 0.15) is 58.1 Å². The summed E-state index contributed by atoms with van der Waals surface area (Å²) in [6, 6.07) is 10.9. The molecule has 0 fully saturated rings. The zero-order valence-electron chi connectivity index (χ0n) is 11.9. The van der Waals surface area contributed by atoms with E-state index in [4.69, 9.17) is 0 Å². The maximum absolute atomic E-state index is 10.1. The zero-order valence-corrected chi connectivity index (χ0v) is 11.9. The quantitative estimate of drug-likeness (QED) is 0.737. The van der Waals surface area contributed by atoms with Gasteiger partial charge in [0.2, 0.25) is 0 Å². The van der Waals surface area contributed by atoms with E-state index in [0.29, 0.717) is 12.6 Å². The molecule has 2 nitrogen and oxygen atoms in total. The van der Waals surface area contributed by atoms with E-state index >= 15 is 0 Å². The molecule has 0 radical (unpaired) electrons. The van der Waals surface area contributed by atoms with Crippen molar-refractivity contribution in [2.75, 3.05) is 6.54 Å². The van der Waals surface area contributed by atoms with Crippen molar-refractivity contribution in [2.24, 2.45) is 0 Å². The summed E-state index contributed by atoms with van der Waals surface area (Å²) < 4.78 is 0.